The van der Waals surface area contributed by atoms with Crippen molar-refractivity contribution in [2.24, 2.45) is 0 Å². The summed E-state index contributed by atoms with van der Waals surface area (Å²) in [5.74, 6) is 0.921. The molecule has 0 saturated heterocycles. The summed E-state index contributed by atoms with van der Waals surface area (Å²) in [6.45, 7) is 0. The van der Waals surface area contributed by atoms with Crippen molar-refractivity contribution in [3.8, 4) is 5.75 Å². The number of aryl methyl sites for hydroxylation is 1. The highest BCUT2D eigenvalue weighted by Gasteiger charge is 2.01. The number of ether oxygens (including phenoxy) is 1. The van der Waals surface area contributed by atoms with Crippen LogP contribution in [0.25, 0.3) is 10.8 Å². The molecule has 0 spiro atoms. The summed E-state index contributed by atoms with van der Waals surface area (Å²) in [6.07, 6.45) is 1.05. The minimum Gasteiger partial charge on any atom is -0.497 e. The molecule has 0 radical (unpaired) electrons. The second-order valence-electron chi connectivity index (χ2n) is 3.44. The highest BCUT2D eigenvalue weighted by atomic mass is 79.9. The Labute approximate surface area is 98.2 Å². The lowest BCUT2D eigenvalue weighted by atomic mass is 10.0. The van der Waals surface area contributed by atoms with E-state index in [9.17, 15) is 0 Å². The quantitative estimate of drug-likeness (QED) is 0.767. The molecular weight excluding hydrogens is 252 g/mol. The molecule has 2 rings (SSSR count). The summed E-state index contributed by atoms with van der Waals surface area (Å²) >= 11 is 3.48. The van der Waals surface area contributed by atoms with Crippen LogP contribution in [0.5, 0.6) is 5.75 Å². The van der Waals surface area contributed by atoms with Gasteiger partial charge in [0.2, 0.25) is 0 Å². The lowest BCUT2D eigenvalue weighted by molar-refractivity contribution is 0.415. The van der Waals surface area contributed by atoms with Gasteiger partial charge in [-0.05, 0) is 34.9 Å². The monoisotopic (exact) mass is 264 g/mol. The zero-order chi connectivity index (χ0) is 10.7. The summed E-state index contributed by atoms with van der Waals surface area (Å²) in [4.78, 5) is 0. The van der Waals surface area contributed by atoms with Crippen LogP contribution in [0.3, 0.4) is 0 Å². The third kappa shape index (κ3) is 2.15. The van der Waals surface area contributed by atoms with Crippen molar-refractivity contribution in [1.82, 2.24) is 0 Å². The second kappa shape index (κ2) is 4.67. The van der Waals surface area contributed by atoms with Crippen LogP contribution in [-0.2, 0) is 6.42 Å². The highest BCUT2D eigenvalue weighted by Crippen LogP contribution is 2.24. The van der Waals surface area contributed by atoms with Gasteiger partial charge in [-0.3, -0.25) is 0 Å². The van der Waals surface area contributed by atoms with Gasteiger partial charge < -0.3 is 4.74 Å². The summed E-state index contributed by atoms with van der Waals surface area (Å²) in [6, 6.07) is 12.6. The summed E-state index contributed by atoms with van der Waals surface area (Å²) in [5.41, 5.74) is 1.36. The van der Waals surface area contributed by atoms with Crippen LogP contribution in [-0.4, -0.2) is 12.4 Å². The minimum absolute atomic E-state index is 0.921. The van der Waals surface area contributed by atoms with Gasteiger partial charge in [-0.25, -0.2) is 0 Å². The van der Waals surface area contributed by atoms with Crippen LogP contribution in [0.1, 0.15) is 5.56 Å². The number of methoxy groups -OCH3 is 1. The fourth-order valence-corrected chi connectivity index (χ4v) is 2.19. The van der Waals surface area contributed by atoms with Crippen molar-refractivity contribution in [1.29, 1.82) is 0 Å². The van der Waals surface area contributed by atoms with E-state index in [1.54, 1.807) is 7.11 Å². The molecule has 1 nitrogen and oxygen atoms in total. The van der Waals surface area contributed by atoms with E-state index in [1.165, 1.54) is 16.3 Å². The Balaban J connectivity index is 2.59. The standard InChI is InChI=1S/C13H13BrO/c1-15-12-6-5-10-3-2-4-11(7-8-14)13(10)9-12/h2-6,9H,7-8H2,1H3. The van der Waals surface area contributed by atoms with Gasteiger partial charge in [-0.2, -0.15) is 0 Å². The molecule has 0 N–H and O–H groups in total. The molecule has 78 valence electrons. The predicted octanol–water partition coefficient (Wildman–Crippen LogP) is 3.79. The first-order valence-corrected chi connectivity index (χ1v) is 6.09. The van der Waals surface area contributed by atoms with E-state index < -0.39 is 0 Å². The molecule has 0 aromatic heterocycles. The Morgan fingerprint density at radius 3 is 2.80 bits per heavy atom. The highest BCUT2D eigenvalue weighted by molar-refractivity contribution is 9.09. The molecule has 0 aliphatic heterocycles. The maximum absolute atomic E-state index is 5.24. The van der Waals surface area contributed by atoms with Crippen LogP contribution >= 0.6 is 15.9 Å². The van der Waals surface area contributed by atoms with Gasteiger partial charge in [0.25, 0.3) is 0 Å². The lowest BCUT2D eigenvalue weighted by Gasteiger charge is -2.07. The number of halogens is 1. The third-order valence-electron chi connectivity index (χ3n) is 2.54. The van der Waals surface area contributed by atoms with Gasteiger partial charge in [0.15, 0.2) is 0 Å². The summed E-state index contributed by atoms with van der Waals surface area (Å²) < 4.78 is 5.24. The third-order valence-corrected chi connectivity index (χ3v) is 2.94. The zero-order valence-electron chi connectivity index (χ0n) is 8.66. The van der Waals surface area contributed by atoms with E-state index in [2.05, 4.69) is 46.3 Å². The smallest absolute Gasteiger partial charge is 0.119 e. The van der Waals surface area contributed by atoms with Gasteiger partial charge in [0.05, 0.1) is 7.11 Å². The second-order valence-corrected chi connectivity index (χ2v) is 4.24. The van der Waals surface area contributed by atoms with Crippen LogP contribution in [0.4, 0.5) is 0 Å². The molecule has 0 unspecified atom stereocenters. The molecule has 0 aliphatic rings. The molecule has 0 heterocycles. The summed E-state index contributed by atoms with van der Waals surface area (Å²) in [7, 11) is 1.70. The first-order chi connectivity index (χ1) is 7.35. The van der Waals surface area contributed by atoms with Crippen LogP contribution in [0, 0.1) is 0 Å². The van der Waals surface area contributed by atoms with Gasteiger partial charge in [0, 0.05) is 5.33 Å². The van der Waals surface area contributed by atoms with Gasteiger partial charge in [-0.1, -0.05) is 40.2 Å². The zero-order valence-corrected chi connectivity index (χ0v) is 10.3. The fraction of sp³-hybridized carbons (Fsp3) is 0.231. The van der Waals surface area contributed by atoms with Gasteiger partial charge in [0.1, 0.15) is 5.75 Å². The molecule has 0 amide bonds. The Bertz CT molecular complexity index is 465. The Morgan fingerprint density at radius 2 is 2.07 bits per heavy atom. The van der Waals surface area contributed by atoms with Crippen molar-refractivity contribution in [3.63, 3.8) is 0 Å². The van der Waals surface area contributed by atoms with E-state index >= 15 is 0 Å². The molecule has 0 atom stereocenters. The molecule has 0 bridgehead atoms. The Kier molecular flexibility index (Phi) is 3.27. The Hall–Kier alpha value is -1.02. The molecule has 0 saturated carbocycles. The average Bonchev–Trinajstić information content (AvgIpc) is 2.29. The maximum atomic E-state index is 5.24. The first-order valence-electron chi connectivity index (χ1n) is 4.97. The molecular formula is C13H13BrO. The van der Waals surface area contributed by atoms with E-state index in [1.807, 2.05) is 6.07 Å². The number of hydrogen-bond donors (Lipinski definition) is 0. The van der Waals surface area contributed by atoms with Crippen molar-refractivity contribution in [2.75, 3.05) is 12.4 Å². The van der Waals surface area contributed by atoms with Crippen molar-refractivity contribution in [2.45, 2.75) is 6.42 Å². The molecule has 2 heteroatoms. The van der Waals surface area contributed by atoms with E-state index in [-0.39, 0.29) is 0 Å². The van der Waals surface area contributed by atoms with Crippen LogP contribution < -0.4 is 4.74 Å². The normalized spacial score (nSPS) is 10.5. The fourth-order valence-electron chi connectivity index (χ4n) is 1.76. The van der Waals surface area contributed by atoms with Crippen molar-refractivity contribution >= 4 is 26.7 Å². The van der Waals surface area contributed by atoms with Crippen LogP contribution in [0.15, 0.2) is 36.4 Å². The summed E-state index contributed by atoms with van der Waals surface area (Å²) in [5, 5.41) is 3.55. The number of rotatable bonds is 3. The molecule has 15 heavy (non-hydrogen) atoms. The minimum atomic E-state index is 0.921. The predicted molar refractivity (Wildman–Crippen MR) is 68.0 cm³/mol. The van der Waals surface area contributed by atoms with E-state index in [0.717, 1.165) is 17.5 Å². The first kappa shape index (κ1) is 10.5. The van der Waals surface area contributed by atoms with Crippen molar-refractivity contribution in [3.05, 3.63) is 42.0 Å². The van der Waals surface area contributed by atoms with E-state index in [4.69, 9.17) is 4.74 Å². The van der Waals surface area contributed by atoms with Gasteiger partial charge in [-0.15, -0.1) is 0 Å². The number of hydrogen-bond acceptors (Lipinski definition) is 1. The van der Waals surface area contributed by atoms with Crippen molar-refractivity contribution < 1.29 is 4.74 Å². The molecule has 0 aliphatic carbocycles. The average molecular weight is 265 g/mol. The molecule has 2 aromatic rings. The molecule has 0 fully saturated rings. The topological polar surface area (TPSA) is 9.23 Å². The maximum Gasteiger partial charge on any atom is 0.119 e. The number of benzene rings is 2. The van der Waals surface area contributed by atoms with Gasteiger partial charge >= 0.3 is 0 Å². The molecule has 2 aromatic carbocycles. The lowest BCUT2D eigenvalue weighted by Crippen LogP contribution is -1.89. The number of fused-ring (bicyclic) bond motifs is 1. The SMILES string of the molecule is COc1ccc2cccc(CCBr)c2c1. The number of alkyl halides is 1. The van der Waals surface area contributed by atoms with Crippen LogP contribution in [0.2, 0.25) is 0 Å². The van der Waals surface area contributed by atoms with E-state index in [0.29, 0.717) is 0 Å². The Morgan fingerprint density at radius 1 is 1.20 bits per heavy atom. The largest absolute Gasteiger partial charge is 0.497 e.